The lowest BCUT2D eigenvalue weighted by atomic mass is 9.65. The van der Waals surface area contributed by atoms with Gasteiger partial charge in [0.25, 0.3) is 0 Å². The zero-order valence-electron chi connectivity index (χ0n) is 13.0. The van der Waals surface area contributed by atoms with Crippen LogP contribution in [-0.2, 0) is 21.3 Å². The molecule has 7 heteroatoms. The Bertz CT molecular complexity index is 581. The fourth-order valence-electron chi connectivity index (χ4n) is 2.59. The third-order valence-electron chi connectivity index (χ3n) is 4.13. The van der Waals surface area contributed by atoms with Gasteiger partial charge in [0.15, 0.2) is 0 Å². The highest BCUT2D eigenvalue weighted by Crippen LogP contribution is 2.43. The predicted octanol–water partition coefficient (Wildman–Crippen LogP) is 1.95. The van der Waals surface area contributed by atoms with Crippen molar-refractivity contribution in [1.29, 1.82) is 0 Å². The van der Waals surface area contributed by atoms with Crippen LogP contribution in [0, 0.1) is 5.41 Å². The summed E-state index contributed by atoms with van der Waals surface area (Å²) in [4.78, 5) is 1.37. The highest BCUT2D eigenvalue weighted by Gasteiger charge is 2.50. The molecule has 0 radical (unpaired) electrons. The third kappa shape index (κ3) is 3.48. The van der Waals surface area contributed by atoms with Crippen molar-refractivity contribution in [3.05, 3.63) is 16.3 Å². The van der Waals surface area contributed by atoms with Crippen LogP contribution >= 0.6 is 11.3 Å². The van der Waals surface area contributed by atoms with Gasteiger partial charge >= 0.3 is 0 Å². The topological polar surface area (TPSA) is 67.4 Å². The molecule has 1 aromatic rings. The molecule has 0 aliphatic heterocycles. The number of sulfonamides is 1. The molecule has 2 rings (SSSR count). The number of hydrogen-bond donors (Lipinski definition) is 2. The van der Waals surface area contributed by atoms with E-state index in [4.69, 9.17) is 4.74 Å². The lowest BCUT2D eigenvalue weighted by molar-refractivity contribution is -0.108. The first-order valence-electron chi connectivity index (χ1n) is 7.17. The molecule has 1 aliphatic rings. The van der Waals surface area contributed by atoms with Crippen LogP contribution in [-0.4, -0.2) is 34.2 Å². The number of hydrogen-bond acceptors (Lipinski definition) is 5. The summed E-state index contributed by atoms with van der Waals surface area (Å²) >= 11 is 1.46. The fourth-order valence-corrected chi connectivity index (χ4v) is 5.29. The summed E-state index contributed by atoms with van der Waals surface area (Å²) < 4.78 is 33.3. The number of thiophene rings is 1. The van der Waals surface area contributed by atoms with Crippen LogP contribution in [0.4, 0.5) is 0 Å². The number of nitrogens with one attached hydrogen (secondary N) is 2. The summed E-state index contributed by atoms with van der Waals surface area (Å²) in [6, 6.07) is 1.65. The maximum absolute atomic E-state index is 12.4. The summed E-state index contributed by atoms with van der Waals surface area (Å²) in [5.74, 6) is 0. The van der Waals surface area contributed by atoms with Crippen molar-refractivity contribution in [1.82, 2.24) is 10.0 Å². The van der Waals surface area contributed by atoms with E-state index in [1.807, 2.05) is 27.8 Å². The smallest absolute Gasteiger partial charge is 0.241 e. The molecular formula is C14H24N2O3S2. The Morgan fingerprint density at radius 2 is 2.19 bits per heavy atom. The molecule has 2 N–H and O–H groups in total. The lowest BCUT2D eigenvalue weighted by Gasteiger charge is -2.51. The van der Waals surface area contributed by atoms with Crippen molar-refractivity contribution in [3.8, 4) is 0 Å². The molecule has 1 saturated carbocycles. The van der Waals surface area contributed by atoms with Crippen LogP contribution in [0.2, 0.25) is 0 Å². The van der Waals surface area contributed by atoms with Gasteiger partial charge in [-0.3, -0.25) is 0 Å². The van der Waals surface area contributed by atoms with Gasteiger partial charge in [0.2, 0.25) is 10.0 Å². The molecule has 0 amide bonds. The molecule has 21 heavy (non-hydrogen) atoms. The van der Waals surface area contributed by atoms with E-state index < -0.39 is 10.0 Å². The molecule has 0 spiro atoms. The van der Waals surface area contributed by atoms with E-state index in [0.29, 0.717) is 18.0 Å². The van der Waals surface area contributed by atoms with Gasteiger partial charge in [-0.2, -0.15) is 0 Å². The average Bonchev–Trinajstić information content (AvgIpc) is 2.87. The van der Waals surface area contributed by atoms with Crippen LogP contribution in [0.5, 0.6) is 0 Å². The van der Waals surface area contributed by atoms with Crippen LogP contribution in [0.15, 0.2) is 16.3 Å². The van der Waals surface area contributed by atoms with Crippen molar-refractivity contribution in [2.45, 2.75) is 50.8 Å². The second-order valence-corrected chi connectivity index (χ2v) is 8.66. The van der Waals surface area contributed by atoms with E-state index in [1.165, 1.54) is 11.3 Å². The summed E-state index contributed by atoms with van der Waals surface area (Å²) in [6.45, 7) is 7.39. The minimum absolute atomic E-state index is 0.0771. The zero-order valence-corrected chi connectivity index (χ0v) is 14.6. The largest absolute Gasteiger partial charge is 0.378 e. The minimum atomic E-state index is -3.45. The van der Waals surface area contributed by atoms with Gasteiger partial charge in [-0.05, 0) is 26.5 Å². The SMILES string of the molecule is CCOC1CC(NS(=O)(=O)c2csc(CNC)c2)C1(C)C. The molecule has 1 aromatic heterocycles. The Labute approximate surface area is 131 Å². The quantitative estimate of drug-likeness (QED) is 0.801. The highest BCUT2D eigenvalue weighted by molar-refractivity contribution is 7.89. The Kier molecular flexibility index (Phi) is 5.10. The maximum Gasteiger partial charge on any atom is 0.241 e. The maximum atomic E-state index is 12.4. The average molecular weight is 332 g/mol. The van der Waals surface area contributed by atoms with Crippen molar-refractivity contribution in [3.63, 3.8) is 0 Å². The summed E-state index contributed by atoms with van der Waals surface area (Å²) in [5, 5.41) is 4.72. The molecule has 0 bridgehead atoms. The van der Waals surface area contributed by atoms with Gasteiger partial charge in [-0.1, -0.05) is 13.8 Å². The van der Waals surface area contributed by atoms with E-state index in [9.17, 15) is 8.42 Å². The van der Waals surface area contributed by atoms with E-state index in [1.54, 1.807) is 11.4 Å². The molecule has 1 heterocycles. The second-order valence-electron chi connectivity index (χ2n) is 5.95. The number of ether oxygens (including phenoxy) is 1. The van der Waals surface area contributed by atoms with Gasteiger partial charge in [0, 0.05) is 34.9 Å². The van der Waals surface area contributed by atoms with Crippen LogP contribution in [0.25, 0.3) is 0 Å². The van der Waals surface area contributed by atoms with Gasteiger partial charge in [0.1, 0.15) is 0 Å². The molecule has 1 fully saturated rings. The molecule has 1 aliphatic carbocycles. The molecule has 120 valence electrons. The Balaban J connectivity index is 2.05. The van der Waals surface area contributed by atoms with Crippen molar-refractivity contribution >= 4 is 21.4 Å². The Hall–Kier alpha value is -0.470. The molecule has 0 aromatic carbocycles. The first-order valence-corrected chi connectivity index (χ1v) is 9.53. The molecule has 5 nitrogen and oxygen atoms in total. The first kappa shape index (κ1) is 16.9. The van der Waals surface area contributed by atoms with E-state index >= 15 is 0 Å². The van der Waals surface area contributed by atoms with Crippen molar-refractivity contribution < 1.29 is 13.2 Å². The summed E-state index contributed by atoms with van der Waals surface area (Å²) in [6.07, 6.45) is 0.852. The van der Waals surface area contributed by atoms with Gasteiger partial charge < -0.3 is 10.1 Å². The van der Waals surface area contributed by atoms with E-state index in [0.717, 1.165) is 11.3 Å². The van der Waals surface area contributed by atoms with Gasteiger partial charge in [0.05, 0.1) is 11.0 Å². The summed E-state index contributed by atoms with van der Waals surface area (Å²) in [7, 11) is -1.61. The van der Waals surface area contributed by atoms with Crippen molar-refractivity contribution in [2.75, 3.05) is 13.7 Å². The van der Waals surface area contributed by atoms with Crippen LogP contribution in [0.3, 0.4) is 0 Å². The lowest BCUT2D eigenvalue weighted by Crippen LogP contribution is -2.61. The van der Waals surface area contributed by atoms with Crippen LogP contribution < -0.4 is 10.0 Å². The fraction of sp³-hybridized carbons (Fsp3) is 0.714. The van der Waals surface area contributed by atoms with Gasteiger partial charge in [-0.25, -0.2) is 13.1 Å². The second kappa shape index (κ2) is 6.34. The Morgan fingerprint density at radius 3 is 2.76 bits per heavy atom. The van der Waals surface area contributed by atoms with Crippen LogP contribution in [0.1, 0.15) is 32.1 Å². The molecule has 0 saturated heterocycles. The van der Waals surface area contributed by atoms with Crippen molar-refractivity contribution in [2.24, 2.45) is 5.41 Å². The summed E-state index contributed by atoms with van der Waals surface area (Å²) in [5.41, 5.74) is -0.174. The first-order chi connectivity index (χ1) is 9.81. The minimum Gasteiger partial charge on any atom is -0.378 e. The molecule has 2 atom stereocenters. The van der Waals surface area contributed by atoms with Gasteiger partial charge in [-0.15, -0.1) is 11.3 Å². The van der Waals surface area contributed by atoms with E-state index in [-0.39, 0.29) is 17.6 Å². The number of rotatable bonds is 7. The Morgan fingerprint density at radius 1 is 1.48 bits per heavy atom. The monoisotopic (exact) mass is 332 g/mol. The molecular weight excluding hydrogens is 308 g/mol. The normalized spacial score (nSPS) is 24.8. The third-order valence-corrected chi connectivity index (χ3v) is 6.67. The standard InChI is InChI=1S/C14H24N2O3S2/c1-5-19-13-7-12(14(13,2)3)16-21(17,18)11-6-10(8-15-4)20-9-11/h6,9,12-13,15-16H,5,7-8H2,1-4H3. The molecule has 2 unspecified atom stereocenters. The predicted molar refractivity (Wildman–Crippen MR) is 85.0 cm³/mol. The van der Waals surface area contributed by atoms with E-state index in [2.05, 4.69) is 10.0 Å². The zero-order chi connectivity index (χ0) is 15.7. The highest BCUT2D eigenvalue weighted by atomic mass is 32.2.